The van der Waals surface area contributed by atoms with Crippen LogP contribution in [0, 0.1) is 0 Å². The molecular formula is C58H96O6. The van der Waals surface area contributed by atoms with Crippen molar-refractivity contribution in [3.05, 3.63) is 97.2 Å². The van der Waals surface area contributed by atoms with Crippen LogP contribution in [0.25, 0.3) is 0 Å². The van der Waals surface area contributed by atoms with Crippen molar-refractivity contribution in [3.8, 4) is 0 Å². The molecule has 6 nitrogen and oxygen atoms in total. The van der Waals surface area contributed by atoms with Gasteiger partial charge in [-0.05, 0) is 83.5 Å². The number of carbonyl (C=O) groups is 3. The third-order valence-electron chi connectivity index (χ3n) is 10.8. The zero-order chi connectivity index (χ0) is 46.5. The smallest absolute Gasteiger partial charge is 0.306 e. The van der Waals surface area contributed by atoms with Crippen LogP contribution >= 0.6 is 0 Å². The van der Waals surface area contributed by atoms with Crippen LogP contribution < -0.4 is 0 Å². The minimum atomic E-state index is -0.814. The minimum absolute atomic E-state index is 0.106. The highest BCUT2D eigenvalue weighted by Crippen LogP contribution is 2.14. The average molecular weight is 889 g/mol. The van der Waals surface area contributed by atoms with Gasteiger partial charge < -0.3 is 14.2 Å². The fraction of sp³-hybridized carbons (Fsp3) is 0.672. The third kappa shape index (κ3) is 49.3. The second-order valence-corrected chi connectivity index (χ2v) is 17.1. The topological polar surface area (TPSA) is 78.9 Å². The van der Waals surface area contributed by atoms with E-state index < -0.39 is 6.10 Å². The van der Waals surface area contributed by atoms with E-state index in [1.54, 1.807) is 0 Å². The number of hydrogen-bond donors (Lipinski definition) is 0. The van der Waals surface area contributed by atoms with Gasteiger partial charge in [-0.15, -0.1) is 0 Å². The molecule has 0 N–H and O–H groups in total. The fourth-order valence-corrected chi connectivity index (χ4v) is 6.90. The number of allylic oxidation sites excluding steroid dienone is 16. The van der Waals surface area contributed by atoms with Gasteiger partial charge in [0.1, 0.15) is 13.2 Å². The second-order valence-electron chi connectivity index (χ2n) is 17.1. The molecule has 0 amide bonds. The van der Waals surface area contributed by atoms with E-state index in [1.807, 2.05) is 6.08 Å². The molecule has 0 aromatic carbocycles. The summed E-state index contributed by atoms with van der Waals surface area (Å²) in [5.41, 5.74) is 0. The number of unbranched alkanes of at least 4 members (excludes halogenated alkanes) is 19. The molecule has 0 heterocycles. The summed E-state index contributed by atoms with van der Waals surface area (Å²) in [6, 6.07) is 0. The zero-order valence-corrected chi connectivity index (χ0v) is 41.5. The SMILES string of the molecule is CC/C=C/C/C=C/C/C=C/C/C=C/C/C=C/C/C=C/CCC(=O)OC[C@@H](COC(=O)CCCCCCCCCCCCCCC)OC(=O)CCCCCCC/C=C/C/C=C/CCCC. The lowest BCUT2D eigenvalue weighted by molar-refractivity contribution is -0.166. The van der Waals surface area contributed by atoms with Crippen LogP contribution in [0.3, 0.4) is 0 Å². The van der Waals surface area contributed by atoms with E-state index in [2.05, 4.69) is 112 Å². The lowest BCUT2D eigenvalue weighted by atomic mass is 10.0. The van der Waals surface area contributed by atoms with Crippen molar-refractivity contribution in [1.82, 2.24) is 0 Å². The number of carbonyl (C=O) groups excluding carboxylic acids is 3. The molecule has 64 heavy (non-hydrogen) atoms. The predicted octanol–water partition coefficient (Wildman–Crippen LogP) is 17.4. The quantitative estimate of drug-likeness (QED) is 0.0262. The Morgan fingerprint density at radius 1 is 0.328 bits per heavy atom. The van der Waals surface area contributed by atoms with E-state index in [0.717, 1.165) is 103 Å². The summed E-state index contributed by atoms with van der Waals surface area (Å²) in [6.45, 7) is 6.40. The molecule has 0 aromatic heterocycles. The van der Waals surface area contributed by atoms with Gasteiger partial charge in [-0.1, -0.05) is 227 Å². The van der Waals surface area contributed by atoms with Gasteiger partial charge in [0.15, 0.2) is 6.10 Å². The molecule has 0 rings (SSSR count). The highest BCUT2D eigenvalue weighted by atomic mass is 16.6. The van der Waals surface area contributed by atoms with Crippen LogP contribution in [0.5, 0.6) is 0 Å². The third-order valence-corrected chi connectivity index (χ3v) is 10.8. The summed E-state index contributed by atoms with van der Waals surface area (Å²) in [7, 11) is 0. The maximum atomic E-state index is 12.8. The Kier molecular flexibility index (Phi) is 49.0. The van der Waals surface area contributed by atoms with Gasteiger partial charge >= 0.3 is 17.9 Å². The van der Waals surface area contributed by atoms with Crippen molar-refractivity contribution in [2.24, 2.45) is 0 Å². The van der Waals surface area contributed by atoms with Gasteiger partial charge in [0.25, 0.3) is 0 Å². The Hall–Kier alpha value is -3.67. The molecule has 0 aliphatic heterocycles. The number of rotatable bonds is 46. The van der Waals surface area contributed by atoms with Crippen LogP contribution in [0.2, 0.25) is 0 Å². The van der Waals surface area contributed by atoms with Crippen molar-refractivity contribution in [3.63, 3.8) is 0 Å². The summed E-state index contributed by atoms with van der Waals surface area (Å²) in [5.74, 6) is -1.01. The standard InChI is InChI=1S/C58H96O6/c1-4-7-10-13-16-19-22-25-27-28-29-30-31-34-36-39-42-45-48-51-57(60)63-54-55(53-62-56(59)50-47-44-41-38-35-32-24-21-18-15-12-9-6-3)64-58(61)52-49-46-43-40-37-33-26-23-20-17-14-11-8-5-2/h7,10,14,16-17,19,23,25-27,29-30,34,36,42,45,55H,4-6,8-9,11-13,15,18,20-22,24,28,31-33,35,37-41,43-44,46-54H2,1-3H3/b10-7+,17-14+,19-16+,26-23+,27-25+,30-29+,36-34+,45-42+/t55-/m1/s1. The normalized spacial score (nSPS) is 12.9. The zero-order valence-electron chi connectivity index (χ0n) is 41.5. The maximum Gasteiger partial charge on any atom is 0.306 e. The first kappa shape index (κ1) is 60.3. The number of ether oxygens (including phenoxy) is 3. The molecule has 0 aromatic rings. The molecule has 0 unspecified atom stereocenters. The van der Waals surface area contributed by atoms with Gasteiger partial charge in [-0.25, -0.2) is 0 Å². The van der Waals surface area contributed by atoms with E-state index in [9.17, 15) is 14.4 Å². The van der Waals surface area contributed by atoms with Crippen LogP contribution in [0.1, 0.15) is 233 Å². The highest BCUT2D eigenvalue weighted by Gasteiger charge is 2.19. The fourth-order valence-electron chi connectivity index (χ4n) is 6.90. The first-order chi connectivity index (χ1) is 31.5. The van der Waals surface area contributed by atoms with E-state index in [0.29, 0.717) is 19.3 Å². The molecule has 0 fully saturated rings. The van der Waals surface area contributed by atoms with E-state index in [-0.39, 0.29) is 37.5 Å². The Labute approximate surface area is 394 Å². The Bertz CT molecular complexity index is 1300. The van der Waals surface area contributed by atoms with Gasteiger partial charge in [0.05, 0.1) is 0 Å². The molecule has 0 spiro atoms. The van der Waals surface area contributed by atoms with Crippen LogP contribution in [0.15, 0.2) is 97.2 Å². The molecule has 0 radical (unpaired) electrons. The molecule has 364 valence electrons. The number of hydrogen-bond acceptors (Lipinski definition) is 6. The van der Waals surface area contributed by atoms with Crippen molar-refractivity contribution in [2.75, 3.05) is 13.2 Å². The maximum absolute atomic E-state index is 12.8. The molecule has 0 bridgehead atoms. The molecule has 0 saturated heterocycles. The van der Waals surface area contributed by atoms with Crippen molar-refractivity contribution in [2.45, 2.75) is 239 Å². The van der Waals surface area contributed by atoms with Gasteiger partial charge in [0.2, 0.25) is 0 Å². The summed E-state index contributed by atoms with van der Waals surface area (Å²) in [4.78, 5) is 38.0. The highest BCUT2D eigenvalue weighted by molar-refractivity contribution is 5.71. The van der Waals surface area contributed by atoms with Crippen molar-refractivity contribution < 1.29 is 28.6 Å². The molecule has 6 heteroatoms. The molecule has 1 atom stereocenters. The first-order valence-electron chi connectivity index (χ1n) is 26.2. The molecule has 0 aliphatic carbocycles. The van der Waals surface area contributed by atoms with Gasteiger partial charge in [-0.3, -0.25) is 14.4 Å². The van der Waals surface area contributed by atoms with Gasteiger partial charge in [0, 0.05) is 19.3 Å². The summed E-state index contributed by atoms with van der Waals surface area (Å²) in [6.07, 6.45) is 68.3. The Morgan fingerprint density at radius 3 is 1.09 bits per heavy atom. The van der Waals surface area contributed by atoms with Crippen LogP contribution in [-0.2, 0) is 28.6 Å². The second kappa shape index (κ2) is 52.0. The molecule has 0 aliphatic rings. The lowest BCUT2D eigenvalue weighted by Crippen LogP contribution is -2.30. The average Bonchev–Trinajstić information content (AvgIpc) is 3.29. The van der Waals surface area contributed by atoms with Gasteiger partial charge in [-0.2, -0.15) is 0 Å². The molecule has 0 saturated carbocycles. The van der Waals surface area contributed by atoms with E-state index in [4.69, 9.17) is 14.2 Å². The summed E-state index contributed by atoms with van der Waals surface area (Å²) < 4.78 is 16.7. The summed E-state index contributed by atoms with van der Waals surface area (Å²) in [5, 5.41) is 0. The van der Waals surface area contributed by atoms with E-state index >= 15 is 0 Å². The lowest BCUT2D eigenvalue weighted by Gasteiger charge is -2.18. The molecular weight excluding hydrogens is 793 g/mol. The monoisotopic (exact) mass is 889 g/mol. The van der Waals surface area contributed by atoms with Crippen molar-refractivity contribution in [1.29, 1.82) is 0 Å². The van der Waals surface area contributed by atoms with E-state index in [1.165, 1.54) is 83.5 Å². The predicted molar refractivity (Wildman–Crippen MR) is 274 cm³/mol. The summed E-state index contributed by atoms with van der Waals surface area (Å²) >= 11 is 0. The number of esters is 3. The van der Waals surface area contributed by atoms with Crippen molar-refractivity contribution >= 4 is 17.9 Å². The first-order valence-corrected chi connectivity index (χ1v) is 26.2. The Morgan fingerprint density at radius 2 is 0.656 bits per heavy atom. The Balaban J connectivity index is 4.52. The minimum Gasteiger partial charge on any atom is -0.462 e. The largest absolute Gasteiger partial charge is 0.462 e. The van der Waals surface area contributed by atoms with Crippen LogP contribution in [-0.4, -0.2) is 37.2 Å². The van der Waals surface area contributed by atoms with Crippen LogP contribution in [0.4, 0.5) is 0 Å².